The van der Waals surface area contributed by atoms with Gasteiger partial charge in [-0.15, -0.1) is 11.8 Å². The monoisotopic (exact) mass is 424 g/mol. The largest absolute Gasteiger partial charge is 0.457 e. The Morgan fingerprint density at radius 3 is 2.27 bits per heavy atom. The number of nitrogens with one attached hydrogen (secondary N) is 1. The number of urea groups is 1. The molecule has 1 heterocycles. The molecule has 2 N–H and O–H groups in total. The van der Waals surface area contributed by atoms with E-state index in [2.05, 4.69) is 16.5 Å². The van der Waals surface area contributed by atoms with Gasteiger partial charge in [-0.2, -0.15) is 5.26 Å². The maximum atomic E-state index is 12.3. The van der Waals surface area contributed by atoms with Gasteiger partial charge in [-0.1, -0.05) is 5.16 Å². The van der Waals surface area contributed by atoms with Crippen molar-refractivity contribution in [2.75, 3.05) is 12.3 Å². The Morgan fingerprint density at radius 2 is 1.77 bits per heavy atom. The Balaban J connectivity index is 1.55. The number of hydrogen-bond acceptors (Lipinski definition) is 7. The summed E-state index contributed by atoms with van der Waals surface area (Å²) in [5, 5.41) is 23.9. The van der Waals surface area contributed by atoms with Gasteiger partial charge in [0, 0.05) is 10.6 Å². The zero-order valence-electron chi connectivity index (χ0n) is 16.5. The maximum absolute atomic E-state index is 12.3. The molecule has 0 radical (unpaired) electrons. The molecule has 0 aliphatic carbocycles. The van der Waals surface area contributed by atoms with E-state index in [1.54, 1.807) is 50.2 Å². The van der Waals surface area contributed by atoms with Gasteiger partial charge < -0.3 is 15.3 Å². The second-order valence-electron chi connectivity index (χ2n) is 7.11. The number of imide groups is 1. The molecule has 0 saturated carbocycles. The maximum Gasteiger partial charge on any atom is 0.325 e. The van der Waals surface area contributed by atoms with E-state index in [1.165, 1.54) is 11.8 Å². The van der Waals surface area contributed by atoms with E-state index in [-0.39, 0.29) is 12.5 Å². The fourth-order valence-corrected chi connectivity index (χ4v) is 3.57. The van der Waals surface area contributed by atoms with Crippen molar-refractivity contribution in [2.45, 2.75) is 24.3 Å². The van der Waals surface area contributed by atoms with Crippen LogP contribution in [0, 0.1) is 11.3 Å². The molecule has 2 aromatic rings. The Labute approximate surface area is 178 Å². The van der Waals surface area contributed by atoms with Crippen molar-refractivity contribution in [3.05, 3.63) is 54.1 Å². The average Bonchev–Trinajstić information content (AvgIpc) is 2.93. The van der Waals surface area contributed by atoms with Crippen LogP contribution in [0.2, 0.25) is 0 Å². The number of carbonyl (C=O) groups excluding carboxylic acids is 2. The minimum absolute atomic E-state index is 0.0719. The van der Waals surface area contributed by atoms with Crippen LogP contribution in [0.15, 0.2) is 58.6 Å². The minimum atomic E-state index is -0.963. The lowest BCUT2D eigenvalue weighted by molar-refractivity contribution is -0.129. The summed E-state index contributed by atoms with van der Waals surface area (Å²) in [5.74, 6) is 1.22. The molecule has 3 amide bonds. The van der Waals surface area contributed by atoms with E-state index in [9.17, 15) is 14.8 Å². The van der Waals surface area contributed by atoms with Gasteiger partial charge in [-0.05, 0) is 62.4 Å². The number of benzene rings is 2. The zero-order chi connectivity index (χ0) is 21.7. The molecule has 0 bridgehead atoms. The third kappa shape index (κ3) is 4.90. The fourth-order valence-electron chi connectivity index (χ4n) is 2.75. The number of hydrogen-bond donors (Lipinski definition) is 2. The molecule has 1 aliphatic rings. The molecular weight excluding hydrogens is 404 g/mol. The van der Waals surface area contributed by atoms with Crippen LogP contribution in [0.4, 0.5) is 4.79 Å². The molecule has 1 fully saturated rings. The standard InChI is InChI=1S/C21H20N4O4S/c1-21(2)19(26)25(20(27)23-21)12-15(24-28)13-30-18-9-7-17(8-10-18)29-16-5-3-14(11-22)4-6-16/h3-10,28H,12-13H2,1-2H3,(H,23,27)/b24-15+. The van der Waals surface area contributed by atoms with Gasteiger partial charge in [-0.3, -0.25) is 9.69 Å². The summed E-state index contributed by atoms with van der Waals surface area (Å²) in [5.41, 5.74) is -0.0959. The van der Waals surface area contributed by atoms with Crippen LogP contribution in [0.3, 0.4) is 0 Å². The van der Waals surface area contributed by atoms with Crippen molar-refractivity contribution >= 4 is 29.4 Å². The molecule has 9 heteroatoms. The molecule has 2 aromatic carbocycles. The first-order valence-corrected chi connectivity index (χ1v) is 10.1. The van der Waals surface area contributed by atoms with E-state index >= 15 is 0 Å². The van der Waals surface area contributed by atoms with Gasteiger partial charge in [-0.25, -0.2) is 4.79 Å². The van der Waals surface area contributed by atoms with Crippen LogP contribution in [-0.4, -0.2) is 45.6 Å². The fraction of sp³-hybridized carbons (Fsp3) is 0.238. The number of nitriles is 1. The van der Waals surface area contributed by atoms with E-state index in [4.69, 9.17) is 10.00 Å². The van der Waals surface area contributed by atoms with Gasteiger partial charge in [0.1, 0.15) is 17.0 Å². The highest BCUT2D eigenvalue weighted by molar-refractivity contribution is 8.00. The van der Waals surface area contributed by atoms with Gasteiger partial charge in [0.15, 0.2) is 0 Å². The lowest BCUT2D eigenvalue weighted by atomic mass is 10.1. The number of carbonyl (C=O) groups is 2. The number of ether oxygens (including phenoxy) is 1. The molecule has 0 unspecified atom stereocenters. The number of amides is 3. The van der Waals surface area contributed by atoms with Crippen molar-refractivity contribution in [1.82, 2.24) is 10.2 Å². The average molecular weight is 424 g/mol. The van der Waals surface area contributed by atoms with Crippen molar-refractivity contribution in [3.63, 3.8) is 0 Å². The first-order valence-electron chi connectivity index (χ1n) is 9.07. The smallest absolute Gasteiger partial charge is 0.325 e. The van der Waals surface area contributed by atoms with Crippen molar-refractivity contribution in [3.8, 4) is 17.6 Å². The molecule has 1 saturated heterocycles. The van der Waals surface area contributed by atoms with Gasteiger partial charge in [0.05, 0.1) is 23.9 Å². The third-order valence-electron chi connectivity index (χ3n) is 4.37. The van der Waals surface area contributed by atoms with Crippen LogP contribution in [-0.2, 0) is 4.79 Å². The molecule has 0 spiro atoms. The predicted molar refractivity (Wildman–Crippen MR) is 112 cm³/mol. The summed E-state index contributed by atoms with van der Waals surface area (Å²) in [7, 11) is 0. The van der Waals surface area contributed by atoms with E-state index in [0.29, 0.717) is 28.5 Å². The molecule has 1 aliphatic heterocycles. The normalized spacial score (nSPS) is 15.6. The number of nitrogens with zero attached hydrogens (tertiary/aromatic N) is 3. The second kappa shape index (κ2) is 8.88. The SMILES string of the molecule is CC1(C)NC(=O)N(C/C(CSc2ccc(Oc3ccc(C#N)cc3)cc2)=N\O)C1=O. The van der Waals surface area contributed by atoms with Crippen LogP contribution in [0.25, 0.3) is 0 Å². The molecule has 0 atom stereocenters. The summed E-state index contributed by atoms with van der Waals surface area (Å²) >= 11 is 1.41. The first-order chi connectivity index (χ1) is 14.3. The summed E-state index contributed by atoms with van der Waals surface area (Å²) in [6.45, 7) is 3.18. The second-order valence-corrected chi connectivity index (χ2v) is 8.16. The van der Waals surface area contributed by atoms with E-state index in [0.717, 1.165) is 9.80 Å². The minimum Gasteiger partial charge on any atom is -0.457 e. The molecule has 154 valence electrons. The highest BCUT2D eigenvalue weighted by Crippen LogP contribution is 2.26. The van der Waals surface area contributed by atoms with Crippen LogP contribution in [0.5, 0.6) is 11.5 Å². The molecular formula is C21H20N4O4S. The molecule has 30 heavy (non-hydrogen) atoms. The number of thioether (sulfide) groups is 1. The number of oxime groups is 1. The zero-order valence-corrected chi connectivity index (χ0v) is 17.3. The number of rotatable bonds is 7. The Morgan fingerprint density at radius 1 is 1.17 bits per heavy atom. The Bertz CT molecular complexity index is 1010. The van der Waals surface area contributed by atoms with Crippen LogP contribution < -0.4 is 10.1 Å². The summed E-state index contributed by atoms with van der Waals surface area (Å²) < 4.78 is 5.74. The lowest BCUT2D eigenvalue weighted by Gasteiger charge is -2.16. The van der Waals surface area contributed by atoms with Gasteiger partial charge >= 0.3 is 6.03 Å². The van der Waals surface area contributed by atoms with Crippen molar-refractivity contribution in [1.29, 1.82) is 5.26 Å². The molecule has 8 nitrogen and oxygen atoms in total. The third-order valence-corrected chi connectivity index (χ3v) is 5.46. The summed E-state index contributed by atoms with van der Waals surface area (Å²) in [6, 6.07) is 15.7. The molecule has 0 aromatic heterocycles. The summed E-state index contributed by atoms with van der Waals surface area (Å²) in [6.07, 6.45) is 0. The topological polar surface area (TPSA) is 115 Å². The van der Waals surface area contributed by atoms with Crippen molar-refractivity contribution < 1.29 is 19.5 Å². The first kappa shape index (κ1) is 21.2. The lowest BCUT2D eigenvalue weighted by Crippen LogP contribution is -2.41. The van der Waals surface area contributed by atoms with E-state index in [1.807, 2.05) is 12.1 Å². The highest BCUT2D eigenvalue weighted by atomic mass is 32.2. The van der Waals surface area contributed by atoms with Gasteiger partial charge in [0.25, 0.3) is 5.91 Å². The summed E-state index contributed by atoms with van der Waals surface area (Å²) in [4.78, 5) is 26.2. The Kier molecular flexibility index (Phi) is 6.28. The Hall–Kier alpha value is -3.51. The van der Waals surface area contributed by atoms with Gasteiger partial charge in [0.2, 0.25) is 0 Å². The van der Waals surface area contributed by atoms with Crippen molar-refractivity contribution in [2.24, 2.45) is 5.16 Å². The predicted octanol–water partition coefficient (Wildman–Crippen LogP) is 3.60. The van der Waals surface area contributed by atoms with E-state index < -0.39 is 11.6 Å². The highest BCUT2D eigenvalue weighted by Gasteiger charge is 2.44. The molecule has 3 rings (SSSR count). The van der Waals surface area contributed by atoms with Crippen LogP contribution in [0.1, 0.15) is 19.4 Å². The van der Waals surface area contributed by atoms with Crippen LogP contribution >= 0.6 is 11.8 Å². The quantitative estimate of drug-likeness (QED) is 0.231.